The maximum absolute atomic E-state index is 10.6. The predicted octanol–water partition coefficient (Wildman–Crippen LogP) is 2.44. The summed E-state index contributed by atoms with van der Waals surface area (Å²) in [6.45, 7) is 2.76. The monoisotopic (exact) mass is 227 g/mol. The number of hydrogen-bond acceptors (Lipinski definition) is 3. The molecule has 0 saturated carbocycles. The van der Waals surface area contributed by atoms with Gasteiger partial charge in [-0.2, -0.15) is 12.6 Å². The van der Waals surface area contributed by atoms with Crippen LogP contribution in [0.1, 0.15) is 45.4 Å². The Hall–Kier alpha value is 0.820. The second kappa shape index (κ2) is 13.8. The van der Waals surface area contributed by atoms with Crippen LogP contribution in [0.3, 0.4) is 0 Å². The first-order valence-corrected chi connectivity index (χ1v) is 5.71. The third-order valence-electron chi connectivity index (χ3n) is 1.89. The number of rotatable bonds is 8. The van der Waals surface area contributed by atoms with Gasteiger partial charge in [-0.05, 0) is 6.42 Å². The minimum Gasteiger partial charge on any atom is -0.465 e. The molecule has 0 rings (SSSR count). The van der Waals surface area contributed by atoms with Crippen molar-refractivity contribution in [3.05, 3.63) is 0 Å². The van der Waals surface area contributed by atoms with E-state index in [4.69, 9.17) is 4.74 Å². The quantitative estimate of drug-likeness (QED) is 0.298. The maximum atomic E-state index is 10.6. The van der Waals surface area contributed by atoms with Gasteiger partial charge in [-0.15, -0.1) is 0 Å². The van der Waals surface area contributed by atoms with E-state index in [-0.39, 0.29) is 41.3 Å². The molecule has 0 saturated heterocycles. The van der Waals surface area contributed by atoms with Gasteiger partial charge in [0.25, 0.3) is 0 Å². The van der Waals surface area contributed by atoms with Gasteiger partial charge in [-0.3, -0.25) is 4.79 Å². The van der Waals surface area contributed by atoms with Crippen molar-refractivity contribution in [3.8, 4) is 0 Å². The number of thiol groups is 1. The molecule has 0 atom stereocenters. The van der Waals surface area contributed by atoms with Gasteiger partial charge in [0.1, 0.15) is 0 Å². The minimum atomic E-state index is -0.211. The van der Waals surface area contributed by atoms with E-state index in [0.717, 1.165) is 6.42 Å². The van der Waals surface area contributed by atoms with E-state index in [2.05, 4.69) is 19.6 Å². The average molecular weight is 227 g/mol. The predicted molar refractivity (Wildman–Crippen MR) is 63.9 cm³/mol. The summed E-state index contributed by atoms with van der Waals surface area (Å²) in [6.07, 6.45) is 7.30. The minimum absolute atomic E-state index is 0. The summed E-state index contributed by atoms with van der Waals surface area (Å²) in [5, 5.41) is 0. The van der Waals surface area contributed by atoms with Gasteiger partial charge in [0.2, 0.25) is 0 Å². The Morgan fingerprint density at radius 1 is 1.14 bits per heavy atom. The molecule has 1 radical (unpaired) electrons. The molecule has 0 fully saturated rings. The Kier molecular flexibility index (Phi) is 17.0. The zero-order chi connectivity index (χ0) is 9.94. The SMILES string of the molecule is CCCCCCCCOC(=O)CS.[Na]. The van der Waals surface area contributed by atoms with Crippen LogP contribution in [0.2, 0.25) is 0 Å². The fraction of sp³-hybridized carbons (Fsp3) is 0.900. The average Bonchev–Trinajstić information content (AvgIpc) is 2.16. The second-order valence-electron chi connectivity index (χ2n) is 3.15. The van der Waals surface area contributed by atoms with Crippen molar-refractivity contribution in [3.63, 3.8) is 0 Å². The van der Waals surface area contributed by atoms with E-state index in [9.17, 15) is 4.79 Å². The zero-order valence-corrected chi connectivity index (χ0v) is 12.3. The van der Waals surface area contributed by atoms with Crippen molar-refractivity contribution in [1.82, 2.24) is 0 Å². The molecule has 0 unspecified atom stereocenters. The van der Waals surface area contributed by atoms with E-state index in [1.807, 2.05) is 0 Å². The number of carbonyl (C=O) groups excluding carboxylic acids is 1. The van der Waals surface area contributed by atoms with Gasteiger partial charge in [0.05, 0.1) is 12.4 Å². The molecule has 0 bridgehead atoms. The number of ether oxygens (including phenoxy) is 1. The van der Waals surface area contributed by atoms with Crippen LogP contribution >= 0.6 is 12.6 Å². The molecule has 0 aromatic carbocycles. The summed E-state index contributed by atoms with van der Waals surface area (Å²) in [6, 6.07) is 0. The van der Waals surface area contributed by atoms with E-state index < -0.39 is 0 Å². The molecule has 2 nitrogen and oxygen atoms in total. The number of unbranched alkanes of at least 4 members (excludes halogenated alkanes) is 5. The first-order valence-electron chi connectivity index (χ1n) is 5.07. The molecule has 0 heterocycles. The van der Waals surface area contributed by atoms with Gasteiger partial charge >= 0.3 is 5.97 Å². The van der Waals surface area contributed by atoms with Gasteiger partial charge in [-0.1, -0.05) is 39.0 Å². The Morgan fingerprint density at radius 3 is 2.29 bits per heavy atom. The van der Waals surface area contributed by atoms with Crippen LogP contribution in [0.4, 0.5) is 0 Å². The van der Waals surface area contributed by atoms with Crippen molar-refractivity contribution < 1.29 is 9.53 Å². The van der Waals surface area contributed by atoms with E-state index in [1.54, 1.807) is 0 Å². The third kappa shape index (κ3) is 12.8. The summed E-state index contributed by atoms with van der Waals surface area (Å²) < 4.78 is 4.88. The standard InChI is InChI=1S/C10H20O2S.Na/c1-2-3-4-5-6-7-8-12-10(11)9-13;/h13H,2-9H2,1H3;. The summed E-state index contributed by atoms with van der Waals surface area (Å²) in [4.78, 5) is 10.6. The first-order chi connectivity index (χ1) is 6.31. The molecule has 79 valence electrons. The molecule has 0 aliphatic carbocycles. The van der Waals surface area contributed by atoms with Crippen molar-refractivity contribution in [2.45, 2.75) is 45.4 Å². The van der Waals surface area contributed by atoms with Crippen LogP contribution in [0.5, 0.6) is 0 Å². The molecule has 0 N–H and O–H groups in total. The van der Waals surface area contributed by atoms with Crippen LogP contribution in [0.25, 0.3) is 0 Å². The topological polar surface area (TPSA) is 26.3 Å². The molecular formula is C10H20NaO2S. The Morgan fingerprint density at radius 2 is 1.71 bits per heavy atom. The molecule has 4 heteroatoms. The second-order valence-corrected chi connectivity index (χ2v) is 3.46. The number of hydrogen-bond donors (Lipinski definition) is 1. The Bertz CT molecular complexity index is 131. The van der Waals surface area contributed by atoms with Crippen molar-refractivity contribution in [1.29, 1.82) is 0 Å². The van der Waals surface area contributed by atoms with Crippen LogP contribution in [-0.4, -0.2) is 47.9 Å². The normalized spacial score (nSPS) is 9.29. The third-order valence-corrected chi connectivity index (χ3v) is 2.15. The maximum Gasteiger partial charge on any atom is 0.315 e. The molecule has 0 amide bonds. The van der Waals surface area contributed by atoms with E-state index in [1.165, 1.54) is 32.1 Å². The fourth-order valence-corrected chi connectivity index (χ4v) is 1.21. The van der Waals surface area contributed by atoms with Gasteiger partial charge in [0.15, 0.2) is 0 Å². The molecule has 0 aromatic heterocycles. The van der Waals surface area contributed by atoms with Gasteiger partial charge < -0.3 is 4.74 Å². The van der Waals surface area contributed by atoms with E-state index >= 15 is 0 Å². The summed E-state index contributed by atoms with van der Waals surface area (Å²) in [5.41, 5.74) is 0. The smallest absolute Gasteiger partial charge is 0.315 e. The van der Waals surface area contributed by atoms with Gasteiger partial charge in [-0.25, -0.2) is 0 Å². The molecule has 0 spiro atoms. The van der Waals surface area contributed by atoms with Crippen LogP contribution < -0.4 is 0 Å². The molecule has 0 aromatic rings. The first kappa shape index (κ1) is 17.2. The largest absolute Gasteiger partial charge is 0.465 e. The van der Waals surface area contributed by atoms with Crippen molar-refractivity contribution in [2.75, 3.05) is 12.4 Å². The Labute approximate surface area is 115 Å². The van der Waals surface area contributed by atoms with Crippen LogP contribution in [0, 0.1) is 0 Å². The van der Waals surface area contributed by atoms with Gasteiger partial charge in [0, 0.05) is 29.6 Å². The van der Waals surface area contributed by atoms with Crippen molar-refractivity contribution >= 4 is 48.2 Å². The number of carbonyl (C=O) groups is 1. The summed E-state index contributed by atoms with van der Waals surface area (Å²) in [5.74, 6) is -0.0209. The molecule has 0 aliphatic heterocycles. The molecule has 0 aliphatic rings. The zero-order valence-electron chi connectivity index (χ0n) is 9.42. The molecule has 14 heavy (non-hydrogen) atoms. The Balaban J connectivity index is 0. The van der Waals surface area contributed by atoms with E-state index in [0.29, 0.717) is 6.61 Å². The van der Waals surface area contributed by atoms with Crippen LogP contribution in [-0.2, 0) is 9.53 Å². The number of esters is 1. The summed E-state index contributed by atoms with van der Waals surface area (Å²) >= 11 is 3.81. The van der Waals surface area contributed by atoms with Crippen molar-refractivity contribution in [2.24, 2.45) is 0 Å². The fourth-order valence-electron chi connectivity index (χ4n) is 1.11. The summed E-state index contributed by atoms with van der Waals surface area (Å²) in [7, 11) is 0. The van der Waals surface area contributed by atoms with Crippen LogP contribution in [0.15, 0.2) is 0 Å². The molecular weight excluding hydrogens is 207 g/mol.